The lowest BCUT2D eigenvalue weighted by Crippen LogP contribution is -2.22. The van der Waals surface area contributed by atoms with Gasteiger partial charge in [0, 0.05) is 22.2 Å². The van der Waals surface area contributed by atoms with Gasteiger partial charge in [-0.1, -0.05) is 41.7 Å². The van der Waals surface area contributed by atoms with Crippen LogP contribution < -0.4 is 10.1 Å². The van der Waals surface area contributed by atoms with Crippen molar-refractivity contribution in [2.24, 2.45) is 0 Å². The van der Waals surface area contributed by atoms with Gasteiger partial charge in [-0.3, -0.25) is 9.59 Å². The van der Waals surface area contributed by atoms with Gasteiger partial charge in [-0.25, -0.2) is 9.38 Å². The van der Waals surface area contributed by atoms with Crippen LogP contribution in [0.25, 0.3) is 33.0 Å². The summed E-state index contributed by atoms with van der Waals surface area (Å²) in [4.78, 5) is 30.5. The Balaban J connectivity index is 1.73. The van der Waals surface area contributed by atoms with Gasteiger partial charge in [0.15, 0.2) is 4.96 Å². The molecule has 0 aliphatic heterocycles. The van der Waals surface area contributed by atoms with E-state index in [9.17, 15) is 9.59 Å². The maximum Gasteiger partial charge on any atom is 0.325 e. The summed E-state index contributed by atoms with van der Waals surface area (Å²) >= 11 is 1.38. The highest BCUT2D eigenvalue weighted by Gasteiger charge is 2.16. The number of esters is 1. The summed E-state index contributed by atoms with van der Waals surface area (Å²) in [6, 6.07) is 15.5. The molecule has 0 saturated carbocycles. The lowest BCUT2D eigenvalue weighted by molar-refractivity contribution is -0.143. The first-order chi connectivity index (χ1) is 14.6. The predicted octanol–water partition coefficient (Wildman–Crippen LogP) is 3.28. The molecule has 5 rings (SSSR count). The van der Waals surface area contributed by atoms with E-state index in [1.165, 1.54) is 11.3 Å². The Morgan fingerprint density at radius 3 is 2.67 bits per heavy atom. The fraction of sp³-hybridized carbons (Fsp3) is 0.174. The van der Waals surface area contributed by atoms with Crippen molar-refractivity contribution >= 4 is 50.3 Å². The number of imidazole rings is 1. The molecule has 0 fully saturated rings. The van der Waals surface area contributed by atoms with Gasteiger partial charge in [0.2, 0.25) is 0 Å². The fourth-order valence-electron chi connectivity index (χ4n) is 3.92. The largest absolute Gasteiger partial charge is 0.465 e. The zero-order valence-electron chi connectivity index (χ0n) is 16.6. The Morgan fingerprint density at radius 1 is 1.13 bits per heavy atom. The van der Waals surface area contributed by atoms with Crippen LogP contribution in [0.1, 0.15) is 18.2 Å². The maximum atomic E-state index is 13.1. The highest BCUT2D eigenvalue weighted by atomic mass is 32.1. The zero-order chi connectivity index (χ0) is 20.8. The van der Waals surface area contributed by atoms with E-state index in [4.69, 9.17) is 4.74 Å². The molecule has 3 heterocycles. The van der Waals surface area contributed by atoms with Gasteiger partial charge < -0.3 is 9.30 Å². The molecule has 2 aromatic carbocycles. The number of hydrogen-bond acceptors (Lipinski definition) is 5. The molecule has 0 N–H and O–H groups in total. The van der Waals surface area contributed by atoms with Gasteiger partial charge in [0.1, 0.15) is 6.54 Å². The Hall–Kier alpha value is -3.45. The summed E-state index contributed by atoms with van der Waals surface area (Å²) in [6.07, 6.45) is 1.91. The average molecular weight is 417 g/mol. The van der Waals surface area contributed by atoms with Gasteiger partial charge in [0.25, 0.3) is 5.56 Å². The van der Waals surface area contributed by atoms with Crippen LogP contribution in [0.3, 0.4) is 0 Å². The number of benzene rings is 2. The minimum Gasteiger partial charge on any atom is -0.465 e. The first-order valence-corrected chi connectivity index (χ1v) is 10.5. The van der Waals surface area contributed by atoms with Crippen molar-refractivity contribution < 1.29 is 9.53 Å². The second kappa shape index (κ2) is 7.11. The first kappa shape index (κ1) is 18.6. The third-order valence-corrected chi connectivity index (χ3v) is 6.26. The van der Waals surface area contributed by atoms with Crippen LogP contribution in [-0.4, -0.2) is 26.5 Å². The minimum atomic E-state index is -0.279. The van der Waals surface area contributed by atoms with E-state index in [1.54, 1.807) is 11.3 Å². The van der Waals surface area contributed by atoms with E-state index in [0.717, 1.165) is 33.2 Å². The number of hydrogen-bond donors (Lipinski definition) is 0. The normalized spacial score (nSPS) is 12.4. The van der Waals surface area contributed by atoms with Crippen molar-refractivity contribution in [1.29, 1.82) is 0 Å². The van der Waals surface area contributed by atoms with Crippen molar-refractivity contribution in [2.45, 2.75) is 20.4 Å². The molecule has 150 valence electrons. The monoisotopic (exact) mass is 417 g/mol. The van der Waals surface area contributed by atoms with Crippen molar-refractivity contribution in [3.63, 3.8) is 0 Å². The molecule has 0 atom stereocenters. The van der Waals surface area contributed by atoms with Gasteiger partial charge >= 0.3 is 5.97 Å². The number of carbonyl (C=O) groups excluding carboxylic acids is 1. The highest BCUT2D eigenvalue weighted by Crippen LogP contribution is 2.27. The molecule has 0 unspecified atom stereocenters. The lowest BCUT2D eigenvalue weighted by Gasteiger charge is -2.07. The summed E-state index contributed by atoms with van der Waals surface area (Å²) in [5.41, 5.74) is 4.34. The maximum absolute atomic E-state index is 13.1. The van der Waals surface area contributed by atoms with E-state index in [1.807, 2.05) is 66.1 Å². The molecule has 0 radical (unpaired) electrons. The fourth-order valence-corrected chi connectivity index (χ4v) is 4.89. The molecule has 0 aliphatic rings. The summed E-state index contributed by atoms with van der Waals surface area (Å²) in [5.74, 6) is -0.279. The molecule has 0 aliphatic carbocycles. The molecular weight excluding hydrogens is 398 g/mol. The molecule has 7 heteroatoms. The van der Waals surface area contributed by atoms with E-state index >= 15 is 0 Å². The molecule has 0 bridgehead atoms. The highest BCUT2D eigenvalue weighted by molar-refractivity contribution is 7.15. The quantitative estimate of drug-likeness (QED) is 0.421. The standard InChI is InChI=1S/C23H19N3O3S/c1-3-29-21(27)13-25-14(2)16(15-8-4-6-10-18(15)25)12-20-22(28)26-19-11-7-5-9-17(19)24-23(26)30-20/h4-12H,3,13H2,1-2H3/b20-12-. The smallest absolute Gasteiger partial charge is 0.325 e. The van der Waals surface area contributed by atoms with Crippen LogP contribution in [0.4, 0.5) is 0 Å². The average Bonchev–Trinajstić information content (AvgIpc) is 3.34. The lowest BCUT2D eigenvalue weighted by atomic mass is 10.1. The number of aromatic nitrogens is 3. The molecule has 3 aromatic heterocycles. The number of thiazole rings is 1. The van der Waals surface area contributed by atoms with Crippen LogP contribution in [0, 0.1) is 6.92 Å². The molecule has 30 heavy (non-hydrogen) atoms. The van der Waals surface area contributed by atoms with Crippen LogP contribution in [0.5, 0.6) is 0 Å². The first-order valence-electron chi connectivity index (χ1n) is 9.73. The van der Waals surface area contributed by atoms with Crippen LogP contribution in [-0.2, 0) is 16.1 Å². The summed E-state index contributed by atoms with van der Waals surface area (Å²) in [5, 5.41) is 0.995. The van der Waals surface area contributed by atoms with E-state index in [0.29, 0.717) is 16.1 Å². The van der Waals surface area contributed by atoms with Gasteiger partial charge in [-0.05, 0) is 38.1 Å². The van der Waals surface area contributed by atoms with Crippen molar-refractivity contribution in [1.82, 2.24) is 14.0 Å². The second-order valence-corrected chi connectivity index (χ2v) is 8.05. The number of nitrogens with zero attached hydrogens (tertiary/aromatic N) is 3. The van der Waals surface area contributed by atoms with E-state index in [2.05, 4.69) is 4.98 Å². The van der Waals surface area contributed by atoms with Crippen molar-refractivity contribution in [3.05, 3.63) is 74.7 Å². The van der Waals surface area contributed by atoms with Gasteiger partial charge in [-0.2, -0.15) is 0 Å². The number of carbonyl (C=O) groups is 1. The number of para-hydroxylation sites is 3. The molecule has 0 saturated heterocycles. The number of fused-ring (bicyclic) bond motifs is 4. The minimum absolute atomic E-state index is 0.0784. The van der Waals surface area contributed by atoms with E-state index in [-0.39, 0.29) is 18.1 Å². The molecule has 6 nitrogen and oxygen atoms in total. The van der Waals surface area contributed by atoms with Crippen LogP contribution >= 0.6 is 11.3 Å². The summed E-state index contributed by atoms with van der Waals surface area (Å²) < 4.78 is 9.36. The summed E-state index contributed by atoms with van der Waals surface area (Å²) in [6.45, 7) is 4.24. The summed E-state index contributed by atoms with van der Waals surface area (Å²) in [7, 11) is 0. The zero-order valence-corrected chi connectivity index (χ0v) is 17.4. The third-order valence-electron chi connectivity index (χ3n) is 5.29. The number of ether oxygens (including phenoxy) is 1. The van der Waals surface area contributed by atoms with Crippen molar-refractivity contribution in [2.75, 3.05) is 6.61 Å². The third kappa shape index (κ3) is 2.81. The molecule has 0 amide bonds. The van der Waals surface area contributed by atoms with E-state index < -0.39 is 0 Å². The second-order valence-electron chi connectivity index (χ2n) is 7.04. The predicted molar refractivity (Wildman–Crippen MR) is 119 cm³/mol. The Kier molecular flexibility index (Phi) is 4.40. The van der Waals surface area contributed by atoms with Crippen LogP contribution in [0.15, 0.2) is 53.3 Å². The Morgan fingerprint density at radius 2 is 1.87 bits per heavy atom. The Bertz CT molecular complexity index is 1540. The molecule has 5 aromatic rings. The van der Waals surface area contributed by atoms with Crippen LogP contribution in [0.2, 0.25) is 0 Å². The molecule has 0 spiro atoms. The number of rotatable bonds is 4. The van der Waals surface area contributed by atoms with Gasteiger partial charge in [0.05, 0.1) is 22.2 Å². The Labute approximate surface area is 175 Å². The topological polar surface area (TPSA) is 65.6 Å². The SMILES string of the molecule is CCOC(=O)Cn1c(C)c(/C=c2\sc3nc4ccccc4n3c2=O)c2ccccc21. The molecular formula is C23H19N3O3S. The van der Waals surface area contributed by atoms with Gasteiger partial charge in [-0.15, -0.1) is 0 Å². The van der Waals surface area contributed by atoms with Crippen molar-refractivity contribution in [3.8, 4) is 0 Å².